The summed E-state index contributed by atoms with van der Waals surface area (Å²) < 4.78 is 135. The molecule has 9 aromatic rings. The van der Waals surface area contributed by atoms with Crippen molar-refractivity contribution in [3.63, 3.8) is 0 Å². The Labute approximate surface area is 515 Å². The molecule has 474 valence electrons. The van der Waals surface area contributed by atoms with Crippen molar-refractivity contribution >= 4 is 116 Å². The number of benzene rings is 9. The number of fused-ring (bicyclic) bond motifs is 6. The van der Waals surface area contributed by atoms with Crippen molar-refractivity contribution < 1.29 is 102 Å². The lowest BCUT2D eigenvalue weighted by atomic mass is 9.83. The van der Waals surface area contributed by atoms with Gasteiger partial charge < -0.3 is 38.6 Å². The molecule has 24 heteroatoms. The fraction of sp³-hybridized carbons (Fsp3) is 0.194. The summed E-state index contributed by atoms with van der Waals surface area (Å²) in [6, 6.07) is 38.2. The number of hydrogen-bond donors (Lipinski definition) is 3. The van der Waals surface area contributed by atoms with Gasteiger partial charge in [0, 0.05) is 33.1 Å². The Bertz CT molecular complexity index is 4380. The monoisotopic (exact) mass is 1280 g/mol. The molecule has 0 amide bonds. The molecule has 0 bridgehead atoms. The Balaban J connectivity index is 0.000000194. The lowest BCUT2D eigenvalue weighted by molar-refractivity contribution is -0.257. The second-order valence-electron chi connectivity index (χ2n) is 21.0. The van der Waals surface area contributed by atoms with Gasteiger partial charge in [-0.1, -0.05) is 165 Å². The fourth-order valence-electron chi connectivity index (χ4n) is 9.67. The van der Waals surface area contributed by atoms with Crippen LogP contribution in [0.2, 0.25) is 0 Å². The summed E-state index contributed by atoms with van der Waals surface area (Å²) in [5.74, 6) is -4.56. The first-order chi connectivity index (χ1) is 42.6. The quantitative estimate of drug-likeness (QED) is 0.0203. The van der Waals surface area contributed by atoms with E-state index >= 15 is 0 Å². The van der Waals surface area contributed by atoms with E-state index < -0.39 is 89.1 Å². The highest BCUT2D eigenvalue weighted by atomic mass is 32.2. The maximum absolute atomic E-state index is 13.7. The normalized spacial score (nSPS) is 12.3. The molecule has 0 saturated heterocycles. The SMILES string of the molecule is C=C(C)C(=O)OCOC(=O)c1c2ccccc2c(C(C)(C)O)c2ccccc12.C=C(C)C(=O)OCOC(=O)c1c2ccccc2c(C(C)(O)C(F)(F)F)c2ccccc12.C=C(C)C(=O)OCOC(=O)c1c2ccccc2c(NS(=O)(=O)C(F)(F)F)c2ccccc12. The van der Waals surface area contributed by atoms with Gasteiger partial charge in [0.15, 0.2) is 5.60 Å². The van der Waals surface area contributed by atoms with Crippen molar-refractivity contribution in [3.05, 3.63) is 210 Å². The zero-order valence-electron chi connectivity index (χ0n) is 49.4. The van der Waals surface area contributed by atoms with Crippen LogP contribution in [0.3, 0.4) is 0 Å². The molecule has 0 heterocycles. The van der Waals surface area contributed by atoms with Gasteiger partial charge in [0.05, 0.1) is 28.0 Å². The van der Waals surface area contributed by atoms with Crippen molar-refractivity contribution in [2.75, 3.05) is 25.1 Å². The van der Waals surface area contributed by atoms with Gasteiger partial charge in [-0.05, 0) is 101 Å². The molecule has 0 saturated carbocycles. The Morgan fingerprint density at radius 3 is 0.868 bits per heavy atom. The number of ether oxygens (including phenoxy) is 6. The summed E-state index contributed by atoms with van der Waals surface area (Å²) >= 11 is 0. The van der Waals surface area contributed by atoms with Crippen molar-refractivity contribution in [1.82, 2.24) is 0 Å². The summed E-state index contributed by atoms with van der Waals surface area (Å²) in [4.78, 5) is 73.0. The third-order valence-electron chi connectivity index (χ3n) is 13.8. The van der Waals surface area contributed by atoms with E-state index in [0.29, 0.717) is 23.3 Å². The van der Waals surface area contributed by atoms with E-state index in [0.717, 1.165) is 16.3 Å². The van der Waals surface area contributed by atoms with Crippen LogP contribution in [-0.2, 0) is 64.0 Å². The predicted molar refractivity (Wildman–Crippen MR) is 327 cm³/mol. The minimum Gasteiger partial charge on any atom is -0.425 e. The Hall–Kier alpha value is -10.2. The Morgan fingerprint density at radius 1 is 0.407 bits per heavy atom. The number of esters is 6. The van der Waals surface area contributed by atoms with E-state index in [1.807, 2.05) is 48.5 Å². The molecule has 3 N–H and O–H groups in total. The lowest BCUT2D eigenvalue weighted by Gasteiger charge is -2.30. The van der Waals surface area contributed by atoms with Crippen LogP contribution in [0.4, 0.5) is 32.0 Å². The first kappa shape index (κ1) is 68.3. The zero-order valence-corrected chi connectivity index (χ0v) is 50.2. The minimum absolute atomic E-state index is 0.000650. The summed E-state index contributed by atoms with van der Waals surface area (Å²) in [5, 5.41) is 24.9. The maximum Gasteiger partial charge on any atom is 0.516 e. The van der Waals surface area contributed by atoms with Crippen LogP contribution in [0.15, 0.2) is 182 Å². The highest BCUT2D eigenvalue weighted by Crippen LogP contribution is 2.47. The average Bonchev–Trinajstić information content (AvgIpc) is 0.757. The van der Waals surface area contributed by atoms with Gasteiger partial charge in [0.2, 0.25) is 20.4 Å². The van der Waals surface area contributed by atoms with Gasteiger partial charge in [-0.15, -0.1) is 0 Å². The molecule has 0 fully saturated rings. The van der Waals surface area contributed by atoms with Crippen LogP contribution in [0.1, 0.15) is 83.7 Å². The van der Waals surface area contributed by atoms with Gasteiger partial charge in [-0.3, -0.25) is 4.72 Å². The van der Waals surface area contributed by atoms with E-state index in [-0.39, 0.29) is 82.2 Å². The number of hydrogen-bond acceptors (Lipinski definition) is 16. The number of carbonyl (C=O) groups excluding carboxylic acids is 6. The molecule has 0 aliphatic heterocycles. The molecule has 0 radical (unpaired) electrons. The van der Waals surface area contributed by atoms with E-state index in [4.69, 9.17) is 28.4 Å². The van der Waals surface area contributed by atoms with Crippen LogP contribution >= 0.6 is 0 Å². The molecule has 1 atom stereocenters. The first-order valence-corrected chi connectivity index (χ1v) is 28.5. The number of aliphatic hydroxyl groups is 2. The number of anilines is 1. The minimum atomic E-state index is -5.73. The zero-order chi connectivity index (χ0) is 67.1. The average molecular weight is 1280 g/mol. The van der Waals surface area contributed by atoms with Gasteiger partial charge >= 0.3 is 57.5 Å². The van der Waals surface area contributed by atoms with E-state index in [1.54, 1.807) is 30.7 Å². The molecule has 1 unspecified atom stereocenters. The molecule has 0 aliphatic rings. The van der Waals surface area contributed by atoms with Crippen LogP contribution in [0.25, 0.3) is 64.6 Å². The summed E-state index contributed by atoms with van der Waals surface area (Å²) in [5.41, 5.74) is -9.02. The standard InChI is InChI=1S/C23H19F3O5.C23H22O5.C21H16F3NO6S/c1-13(2)20(27)30-12-31-21(28)18-14-8-4-6-10-16(14)19(22(3,29)23(24,25)26)17-11-7-5-9-15(17)18;1-14(2)21(24)27-13-28-22(25)19-15-9-5-7-11-17(15)20(23(3,4)26)18-12-8-6-10-16(18)19;1-12(2)19(26)30-11-31-20(27)17-13-7-3-5-9-15(13)18(16-10-6-4-8-14(16)17)25-32(28,29)21(22,23)24/h4-11,29H,1,12H2,2-3H3;5-12,26H,1,13H2,2-4H3;3-10,25H,1,11H2,2H3. The second-order valence-corrected chi connectivity index (χ2v) is 22.7. The Morgan fingerprint density at radius 2 is 0.637 bits per heavy atom. The molecule has 0 aromatic heterocycles. The Kier molecular flexibility index (Phi) is 20.5. The fourth-order valence-corrected chi connectivity index (χ4v) is 10.3. The van der Waals surface area contributed by atoms with Crippen molar-refractivity contribution in [2.45, 2.75) is 64.4 Å². The summed E-state index contributed by atoms with van der Waals surface area (Å²) in [7, 11) is -5.73. The van der Waals surface area contributed by atoms with Crippen molar-refractivity contribution in [1.29, 1.82) is 0 Å². The van der Waals surface area contributed by atoms with Crippen LogP contribution in [0.5, 0.6) is 0 Å². The second kappa shape index (κ2) is 27.3. The van der Waals surface area contributed by atoms with Crippen LogP contribution in [-0.4, -0.2) is 86.5 Å². The van der Waals surface area contributed by atoms with Crippen molar-refractivity contribution in [3.8, 4) is 0 Å². The first-order valence-electron chi connectivity index (χ1n) is 27.0. The summed E-state index contributed by atoms with van der Waals surface area (Å²) in [6.45, 7) is 16.9. The topological polar surface area (TPSA) is 244 Å². The third-order valence-corrected chi connectivity index (χ3v) is 14.9. The molecule has 0 spiro atoms. The summed E-state index contributed by atoms with van der Waals surface area (Å²) in [6.07, 6.45) is -4.96. The molecule has 17 nitrogen and oxygen atoms in total. The number of carbonyl (C=O) groups is 6. The van der Waals surface area contributed by atoms with E-state index in [2.05, 4.69) is 19.7 Å². The highest BCUT2D eigenvalue weighted by Gasteiger charge is 2.53. The van der Waals surface area contributed by atoms with Gasteiger partial charge in [0.1, 0.15) is 0 Å². The van der Waals surface area contributed by atoms with Crippen LogP contribution in [0, 0.1) is 0 Å². The number of nitrogens with one attached hydrogen (secondary N) is 1. The molecular formula is C67H57F6NO16S. The number of halogens is 6. The van der Waals surface area contributed by atoms with Crippen molar-refractivity contribution in [2.24, 2.45) is 0 Å². The van der Waals surface area contributed by atoms with Gasteiger partial charge in [0.25, 0.3) is 0 Å². The highest BCUT2D eigenvalue weighted by molar-refractivity contribution is 7.93. The molecule has 9 rings (SSSR count). The smallest absolute Gasteiger partial charge is 0.425 e. The molecule has 9 aromatic carbocycles. The number of rotatable bonds is 16. The molecule has 91 heavy (non-hydrogen) atoms. The molecule has 0 aliphatic carbocycles. The van der Waals surface area contributed by atoms with E-state index in [1.165, 1.54) is 106 Å². The van der Waals surface area contributed by atoms with Gasteiger partial charge in [-0.25, -0.2) is 28.8 Å². The third kappa shape index (κ3) is 14.8. The van der Waals surface area contributed by atoms with Gasteiger partial charge in [-0.2, -0.15) is 34.8 Å². The maximum atomic E-state index is 13.7. The lowest BCUT2D eigenvalue weighted by Crippen LogP contribution is -2.39. The number of sulfonamides is 1. The predicted octanol–water partition coefficient (Wildman–Crippen LogP) is 13.9. The van der Waals surface area contributed by atoms with Crippen LogP contribution < -0.4 is 4.72 Å². The number of alkyl halides is 6. The molecular weight excluding hydrogens is 1220 g/mol. The largest absolute Gasteiger partial charge is 0.516 e. The van der Waals surface area contributed by atoms with E-state index in [9.17, 15) is 73.7 Å².